The zero-order chi connectivity index (χ0) is 15.1. The van der Waals surface area contributed by atoms with Crippen molar-refractivity contribution in [3.8, 4) is 5.88 Å². The molecule has 2 rings (SSSR count). The predicted molar refractivity (Wildman–Crippen MR) is 82.6 cm³/mol. The van der Waals surface area contributed by atoms with E-state index in [1.54, 1.807) is 37.6 Å². The summed E-state index contributed by atoms with van der Waals surface area (Å²) in [6.45, 7) is 0.700. The zero-order valence-corrected chi connectivity index (χ0v) is 12.4. The number of halogens is 1. The molecule has 1 heterocycles. The van der Waals surface area contributed by atoms with E-state index in [9.17, 15) is 4.79 Å². The number of rotatable bonds is 6. The molecule has 0 atom stereocenters. The van der Waals surface area contributed by atoms with Gasteiger partial charge in [0.05, 0.1) is 13.7 Å². The van der Waals surface area contributed by atoms with Crippen molar-refractivity contribution in [3.63, 3.8) is 0 Å². The lowest BCUT2D eigenvalue weighted by Crippen LogP contribution is -2.27. The van der Waals surface area contributed by atoms with Crippen LogP contribution in [0.25, 0.3) is 0 Å². The minimum absolute atomic E-state index is 0.125. The molecule has 5 nitrogen and oxygen atoms in total. The van der Waals surface area contributed by atoms with Crippen molar-refractivity contribution in [1.82, 2.24) is 10.3 Å². The number of carbonyl (C=O) groups excluding carboxylic acids is 1. The normalized spacial score (nSPS) is 10.2. The predicted octanol–water partition coefficient (Wildman–Crippen LogP) is 2.47. The smallest absolute Gasteiger partial charge is 0.238 e. The second-order valence-electron chi connectivity index (χ2n) is 4.33. The first-order valence-corrected chi connectivity index (χ1v) is 6.81. The van der Waals surface area contributed by atoms with Gasteiger partial charge in [-0.2, -0.15) is 0 Å². The standard InChI is InChI=1S/C15H16ClN3O2/c1-21-15-11(3-2-8-18-15)9-17-10-14(20)19-13-6-4-12(16)5-7-13/h2-8,17H,9-10H2,1H3,(H,19,20). The Morgan fingerprint density at radius 3 is 2.76 bits per heavy atom. The van der Waals surface area contributed by atoms with E-state index in [0.29, 0.717) is 23.1 Å². The van der Waals surface area contributed by atoms with Crippen molar-refractivity contribution in [2.45, 2.75) is 6.54 Å². The van der Waals surface area contributed by atoms with Gasteiger partial charge in [0.25, 0.3) is 0 Å². The number of anilines is 1. The summed E-state index contributed by atoms with van der Waals surface area (Å²) >= 11 is 5.79. The van der Waals surface area contributed by atoms with E-state index in [4.69, 9.17) is 16.3 Å². The number of carbonyl (C=O) groups is 1. The molecule has 0 aliphatic heterocycles. The first-order chi connectivity index (χ1) is 10.2. The van der Waals surface area contributed by atoms with Gasteiger partial charge in [-0.3, -0.25) is 4.79 Å². The molecule has 2 N–H and O–H groups in total. The van der Waals surface area contributed by atoms with Gasteiger partial charge in [0, 0.05) is 29.0 Å². The maximum Gasteiger partial charge on any atom is 0.238 e. The van der Waals surface area contributed by atoms with Crippen LogP contribution < -0.4 is 15.4 Å². The number of ether oxygens (including phenoxy) is 1. The Labute approximate surface area is 128 Å². The van der Waals surface area contributed by atoms with Crippen molar-refractivity contribution < 1.29 is 9.53 Å². The van der Waals surface area contributed by atoms with Crippen LogP contribution in [0, 0.1) is 0 Å². The fourth-order valence-corrected chi connectivity index (χ4v) is 1.92. The van der Waals surface area contributed by atoms with Crippen LogP contribution in [0.3, 0.4) is 0 Å². The van der Waals surface area contributed by atoms with Crippen molar-refractivity contribution in [1.29, 1.82) is 0 Å². The molecule has 6 heteroatoms. The lowest BCUT2D eigenvalue weighted by atomic mass is 10.2. The van der Waals surface area contributed by atoms with Crippen LogP contribution in [0.5, 0.6) is 5.88 Å². The summed E-state index contributed by atoms with van der Waals surface area (Å²) in [5, 5.41) is 6.46. The third-order valence-electron chi connectivity index (χ3n) is 2.77. The van der Waals surface area contributed by atoms with Crippen LogP contribution in [0.2, 0.25) is 5.02 Å². The first-order valence-electron chi connectivity index (χ1n) is 6.43. The third kappa shape index (κ3) is 4.73. The van der Waals surface area contributed by atoms with Gasteiger partial charge in [0.2, 0.25) is 11.8 Å². The Morgan fingerprint density at radius 1 is 1.29 bits per heavy atom. The number of methoxy groups -OCH3 is 1. The lowest BCUT2D eigenvalue weighted by Gasteiger charge is -2.09. The average Bonchev–Trinajstić information content (AvgIpc) is 2.50. The summed E-state index contributed by atoms with van der Waals surface area (Å²) in [6.07, 6.45) is 1.66. The third-order valence-corrected chi connectivity index (χ3v) is 3.02. The molecule has 0 unspecified atom stereocenters. The second kappa shape index (κ2) is 7.61. The fourth-order valence-electron chi connectivity index (χ4n) is 1.79. The summed E-state index contributed by atoms with van der Waals surface area (Å²) in [6, 6.07) is 10.7. The molecule has 110 valence electrons. The maximum atomic E-state index is 11.8. The average molecular weight is 306 g/mol. The van der Waals surface area contributed by atoms with Crippen molar-refractivity contribution in [3.05, 3.63) is 53.2 Å². The van der Waals surface area contributed by atoms with Gasteiger partial charge in [-0.05, 0) is 30.3 Å². The van der Waals surface area contributed by atoms with Crippen LogP contribution >= 0.6 is 11.6 Å². The summed E-state index contributed by atoms with van der Waals surface area (Å²) in [5.41, 5.74) is 1.62. The Bertz CT molecular complexity index is 602. The molecule has 21 heavy (non-hydrogen) atoms. The molecule has 0 fully saturated rings. The molecular formula is C15H16ClN3O2. The molecule has 1 aromatic heterocycles. The fraction of sp³-hybridized carbons (Fsp3) is 0.200. The number of nitrogens with zero attached hydrogens (tertiary/aromatic N) is 1. The maximum absolute atomic E-state index is 11.8. The van der Waals surface area contributed by atoms with Crippen LogP contribution in [0.15, 0.2) is 42.6 Å². The first kappa shape index (κ1) is 15.3. The number of hydrogen-bond donors (Lipinski definition) is 2. The molecule has 2 aromatic rings. The van der Waals surface area contributed by atoms with Gasteiger partial charge < -0.3 is 15.4 Å². The quantitative estimate of drug-likeness (QED) is 0.860. The number of hydrogen-bond acceptors (Lipinski definition) is 4. The van der Waals surface area contributed by atoms with Crippen LogP contribution in [-0.2, 0) is 11.3 Å². The Morgan fingerprint density at radius 2 is 2.05 bits per heavy atom. The molecule has 0 saturated carbocycles. The summed E-state index contributed by atoms with van der Waals surface area (Å²) in [7, 11) is 1.57. The summed E-state index contributed by atoms with van der Waals surface area (Å²) in [5.74, 6) is 0.434. The molecule has 0 saturated heterocycles. The molecular weight excluding hydrogens is 290 g/mol. The molecule has 1 aromatic carbocycles. The minimum atomic E-state index is -0.125. The molecule has 1 amide bonds. The molecule has 0 aliphatic rings. The highest BCUT2D eigenvalue weighted by molar-refractivity contribution is 6.30. The van der Waals surface area contributed by atoms with E-state index in [1.165, 1.54) is 0 Å². The highest BCUT2D eigenvalue weighted by atomic mass is 35.5. The molecule has 0 aliphatic carbocycles. The number of amides is 1. The van der Waals surface area contributed by atoms with E-state index in [-0.39, 0.29) is 12.5 Å². The Kier molecular flexibility index (Phi) is 5.54. The van der Waals surface area contributed by atoms with Crippen molar-refractivity contribution in [2.24, 2.45) is 0 Å². The molecule has 0 radical (unpaired) electrons. The lowest BCUT2D eigenvalue weighted by molar-refractivity contribution is -0.115. The Hall–Kier alpha value is -2.11. The van der Waals surface area contributed by atoms with Crippen LogP contribution in [-0.4, -0.2) is 24.5 Å². The van der Waals surface area contributed by atoms with Crippen molar-refractivity contribution in [2.75, 3.05) is 19.0 Å². The monoisotopic (exact) mass is 305 g/mol. The number of nitrogens with one attached hydrogen (secondary N) is 2. The highest BCUT2D eigenvalue weighted by Gasteiger charge is 2.05. The van der Waals surface area contributed by atoms with Crippen molar-refractivity contribution >= 4 is 23.2 Å². The van der Waals surface area contributed by atoms with E-state index < -0.39 is 0 Å². The van der Waals surface area contributed by atoms with Gasteiger partial charge >= 0.3 is 0 Å². The number of pyridine rings is 1. The zero-order valence-electron chi connectivity index (χ0n) is 11.6. The van der Waals surface area contributed by atoms with E-state index in [2.05, 4.69) is 15.6 Å². The molecule has 0 bridgehead atoms. The topological polar surface area (TPSA) is 63.2 Å². The van der Waals surface area contributed by atoms with Gasteiger partial charge in [-0.25, -0.2) is 4.98 Å². The van der Waals surface area contributed by atoms with E-state index in [0.717, 1.165) is 5.56 Å². The number of benzene rings is 1. The van der Waals surface area contributed by atoms with Gasteiger partial charge in [0.15, 0.2) is 0 Å². The van der Waals surface area contributed by atoms with Gasteiger partial charge in [0.1, 0.15) is 0 Å². The number of aromatic nitrogens is 1. The molecule has 0 spiro atoms. The second-order valence-corrected chi connectivity index (χ2v) is 4.77. The summed E-state index contributed by atoms with van der Waals surface area (Å²) < 4.78 is 5.15. The van der Waals surface area contributed by atoms with Crippen LogP contribution in [0.1, 0.15) is 5.56 Å². The largest absolute Gasteiger partial charge is 0.481 e. The van der Waals surface area contributed by atoms with Gasteiger partial charge in [-0.15, -0.1) is 0 Å². The van der Waals surface area contributed by atoms with E-state index in [1.807, 2.05) is 12.1 Å². The SMILES string of the molecule is COc1ncccc1CNCC(=O)Nc1ccc(Cl)cc1. The van der Waals surface area contributed by atoms with Crippen LogP contribution in [0.4, 0.5) is 5.69 Å². The Balaban J connectivity index is 1.80. The van der Waals surface area contributed by atoms with Gasteiger partial charge in [-0.1, -0.05) is 17.7 Å². The summed E-state index contributed by atoms with van der Waals surface area (Å²) in [4.78, 5) is 15.9. The highest BCUT2D eigenvalue weighted by Crippen LogP contribution is 2.14. The van der Waals surface area contributed by atoms with E-state index >= 15 is 0 Å². The minimum Gasteiger partial charge on any atom is -0.481 e.